The Kier molecular flexibility index (Phi) is 6.89. The van der Waals surface area contributed by atoms with Crippen LogP contribution in [0.5, 0.6) is 0 Å². The van der Waals surface area contributed by atoms with E-state index in [2.05, 4.69) is 19.4 Å². The molecule has 3 rings (SSSR count). The number of hydrogen-bond acceptors (Lipinski definition) is 7. The van der Waals surface area contributed by atoms with E-state index in [9.17, 15) is 21.6 Å². The molecule has 1 aliphatic carbocycles. The third-order valence-corrected chi connectivity index (χ3v) is 6.20. The number of nitrogens with two attached hydrogens (primary N) is 1. The fraction of sp³-hybridized carbons (Fsp3) is 0.286. The van der Waals surface area contributed by atoms with Gasteiger partial charge in [0, 0.05) is 25.0 Å². The molecule has 1 heterocycles. The van der Waals surface area contributed by atoms with Gasteiger partial charge in [0.2, 0.25) is 26.0 Å². The molecule has 1 unspecified atom stereocenters. The van der Waals surface area contributed by atoms with Crippen molar-refractivity contribution >= 4 is 37.3 Å². The number of nitrogens with one attached hydrogen (secondary N) is 2. The summed E-state index contributed by atoms with van der Waals surface area (Å²) in [5.41, 5.74) is 6.90. The fourth-order valence-corrected chi connectivity index (χ4v) is 4.85. The average molecular weight is 492 g/mol. The van der Waals surface area contributed by atoms with Crippen molar-refractivity contribution in [1.82, 2.24) is 9.97 Å². The molecular formula is C21H25N5O5S2. The van der Waals surface area contributed by atoms with Crippen LogP contribution in [-0.2, 0) is 30.3 Å². The molecule has 1 aromatic heterocycles. The van der Waals surface area contributed by atoms with Crippen LogP contribution < -0.4 is 15.2 Å². The van der Waals surface area contributed by atoms with Crippen LogP contribution in [0.15, 0.2) is 60.6 Å². The number of amides is 1. The van der Waals surface area contributed by atoms with E-state index in [-0.39, 0.29) is 17.8 Å². The summed E-state index contributed by atoms with van der Waals surface area (Å²) in [6.45, 7) is 0. The molecule has 0 spiro atoms. The van der Waals surface area contributed by atoms with E-state index in [4.69, 9.17) is 5.73 Å². The number of nitrogens with zero attached hydrogens (tertiary/aromatic N) is 2. The number of rotatable bonds is 9. The summed E-state index contributed by atoms with van der Waals surface area (Å²) in [6.07, 6.45) is 13.3. The van der Waals surface area contributed by atoms with Gasteiger partial charge in [-0.15, -0.1) is 0 Å². The lowest BCUT2D eigenvalue weighted by atomic mass is 9.70. The van der Waals surface area contributed by atoms with Crippen LogP contribution in [0.3, 0.4) is 0 Å². The molecule has 0 fully saturated rings. The molecule has 12 heteroatoms. The average Bonchev–Trinajstić information content (AvgIpc) is 2.70. The second-order valence-electron chi connectivity index (χ2n) is 7.94. The van der Waals surface area contributed by atoms with Gasteiger partial charge in [-0.1, -0.05) is 23.8 Å². The molecule has 33 heavy (non-hydrogen) atoms. The number of anilines is 2. The number of carbonyl (C=O) groups is 1. The van der Waals surface area contributed by atoms with Gasteiger partial charge in [0.25, 0.3) is 0 Å². The Labute approximate surface area is 193 Å². The van der Waals surface area contributed by atoms with Gasteiger partial charge in [-0.05, 0) is 36.6 Å². The van der Waals surface area contributed by atoms with Gasteiger partial charge in [-0.2, -0.15) is 0 Å². The number of aromatic nitrogens is 2. The summed E-state index contributed by atoms with van der Waals surface area (Å²) in [5.74, 6) is -0.422. The minimum absolute atomic E-state index is 0.173. The minimum atomic E-state index is -3.63. The summed E-state index contributed by atoms with van der Waals surface area (Å²) < 4.78 is 52.4. The molecular weight excluding hydrogens is 466 g/mol. The van der Waals surface area contributed by atoms with Gasteiger partial charge in [-0.25, -0.2) is 16.8 Å². The highest BCUT2D eigenvalue weighted by molar-refractivity contribution is 7.92. The number of hydrogen-bond donors (Lipinski definition) is 3. The van der Waals surface area contributed by atoms with E-state index in [1.807, 2.05) is 18.2 Å². The van der Waals surface area contributed by atoms with E-state index in [1.54, 1.807) is 24.5 Å². The lowest BCUT2D eigenvalue weighted by Crippen LogP contribution is -2.30. The third-order valence-electron chi connectivity index (χ3n) is 4.99. The molecule has 1 aliphatic rings. The second kappa shape index (κ2) is 9.32. The molecule has 176 valence electrons. The smallest absolute Gasteiger partial charge is 0.229 e. The number of allylic oxidation sites excluding steroid dienone is 4. The topological polar surface area (TPSA) is 161 Å². The first-order valence-corrected chi connectivity index (χ1v) is 13.7. The number of carbonyl (C=O) groups excluding carboxylic acids is 1. The number of primary amides is 1. The molecule has 0 saturated heterocycles. The Morgan fingerprint density at radius 2 is 1.70 bits per heavy atom. The van der Waals surface area contributed by atoms with Gasteiger partial charge in [-0.3, -0.25) is 24.2 Å². The zero-order valence-corrected chi connectivity index (χ0v) is 19.8. The monoisotopic (exact) mass is 491 g/mol. The van der Waals surface area contributed by atoms with Gasteiger partial charge in [0.15, 0.2) is 0 Å². The van der Waals surface area contributed by atoms with Crippen molar-refractivity contribution in [2.24, 2.45) is 5.73 Å². The van der Waals surface area contributed by atoms with Crippen molar-refractivity contribution in [1.29, 1.82) is 0 Å². The van der Waals surface area contributed by atoms with Crippen LogP contribution in [0, 0.1) is 0 Å². The highest BCUT2D eigenvalue weighted by Crippen LogP contribution is 2.43. The van der Waals surface area contributed by atoms with E-state index >= 15 is 0 Å². The Morgan fingerprint density at radius 3 is 2.21 bits per heavy atom. The predicted molar refractivity (Wildman–Crippen MR) is 126 cm³/mol. The highest BCUT2D eigenvalue weighted by atomic mass is 32.2. The lowest BCUT2D eigenvalue weighted by Gasteiger charge is -2.34. The van der Waals surface area contributed by atoms with Crippen LogP contribution in [0.1, 0.15) is 30.5 Å². The second-order valence-corrected chi connectivity index (χ2v) is 11.4. The van der Waals surface area contributed by atoms with Gasteiger partial charge >= 0.3 is 0 Å². The zero-order chi connectivity index (χ0) is 24.3. The third kappa shape index (κ3) is 6.62. The largest absolute Gasteiger partial charge is 0.370 e. The Morgan fingerprint density at radius 1 is 1.06 bits per heavy atom. The minimum Gasteiger partial charge on any atom is -0.370 e. The number of benzene rings is 1. The van der Waals surface area contributed by atoms with E-state index < -0.39 is 31.4 Å². The highest BCUT2D eigenvalue weighted by Gasteiger charge is 2.36. The molecule has 1 atom stereocenters. The summed E-state index contributed by atoms with van der Waals surface area (Å²) in [7, 11) is -7.27. The Balaban J connectivity index is 2.19. The van der Waals surface area contributed by atoms with E-state index in [1.165, 1.54) is 12.3 Å². The van der Waals surface area contributed by atoms with Crippen LogP contribution in [0.4, 0.5) is 11.4 Å². The van der Waals surface area contributed by atoms with Crippen LogP contribution in [0.2, 0.25) is 0 Å². The van der Waals surface area contributed by atoms with Gasteiger partial charge < -0.3 is 5.73 Å². The lowest BCUT2D eigenvalue weighted by molar-refractivity contribution is -0.118. The van der Waals surface area contributed by atoms with Crippen molar-refractivity contribution < 1.29 is 21.6 Å². The zero-order valence-electron chi connectivity index (χ0n) is 18.1. The van der Waals surface area contributed by atoms with Crippen LogP contribution in [-0.4, -0.2) is 45.2 Å². The Bertz CT molecular complexity index is 1270. The molecule has 0 aliphatic heterocycles. The first-order chi connectivity index (χ1) is 15.4. The maximum atomic E-state index is 11.9. The van der Waals surface area contributed by atoms with Crippen molar-refractivity contribution in [3.8, 4) is 0 Å². The summed E-state index contributed by atoms with van der Waals surface area (Å²) >= 11 is 0. The first-order valence-electron chi connectivity index (χ1n) is 9.89. The van der Waals surface area contributed by atoms with Gasteiger partial charge in [0.05, 0.1) is 35.0 Å². The quantitative estimate of drug-likeness (QED) is 0.480. The summed E-state index contributed by atoms with van der Waals surface area (Å²) in [4.78, 5) is 20.0. The van der Waals surface area contributed by atoms with Crippen molar-refractivity contribution in [3.63, 3.8) is 0 Å². The van der Waals surface area contributed by atoms with Crippen molar-refractivity contribution in [2.75, 3.05) is 22.0 Å². The van der Waals surface area contributed by atoms with Crippen LogP contribution in [0.25, 0.3) is 0 Å². The standard InChI is InChI=1S/C21H25N5O5S2/c1-32(28,29)25-17-10-16(11-18(12-17)26-33(2,30)31)21(19-14-23-8-9-24-19)7-3-4-15(13-21)5-6-20(22)27/h3-4,7-12,14,25-26H,5-6,13H2,1-2H3,(H2,22,27). The maximum Gasteiger partial charge on any atom is 0.229 e. The van der Waals surface area contributed by atoms with Gasteiger partial charge in [0.1, 0.15) is 0 Å². The molecule has 1 aromatic carbocycles. The van der Waals surface area contributed by atoms with E-state index in [0.29, 0.717) is 24.1 Å². The molecule has 0 bridgehead atoms. The van der Waals surface area contributed by atoms with Crippen LogP contribution >= 0.6 is 0 Å². The summed E-state index contributed by atoms with van der Waals surface area (Å²) in [5, 5.41) is 0. The molecule has 0 saturated carbocycles. The van der Waals surface area contributed by atoms with Crippen molar-refractivity contribution in [2.45, 2.75) is 24.7 Å². The Hall–Kier alpha value is -3.25. The van der Waals surface area contributed by atoms with E-state index in [0.717, 1.165) is 18.1 Å². The normalized spacial score (nSPS) is 18.4. The molecule has 1 amide bonds. The molecule has 10 nitrogen and oxygen atoms in total. The summed E-state index contributed by atoms with van der Waals surface area (Å²) in [6, 6.07) is 4.65. The SMILES string of the molecule is CS(=O)(=O)Nc1cc(NS(C)(=O)=O)cc(C2(c3cnccn3)C=CC=C(CCC(N)=O)C2)c1. The maximum absolute atomic E-state index is 11.9. The molecule has 4 N–H and O–H groups in total. The fourth-order valence-electron chi connectivity index (χ4n) is 3.76. The molecule has 2 aromatic rings. The first kappa shape index (κ1) is 24.4. The van der Waals surface area contributed by atoms with Crippen molar-refractivity contribution in [3.05, 3.63) is 71.8 Å². The predicted octanol–water partition coefficient (Wildman–Crippen LogP) is 1.66. The number of sulfonamides is 2. The molecule has 0 radical (unpaired) electrons.